The van der Waals surface area contributed by atoms with Gasteiger partial charge in [-0.25, -0.2) is 8.42 Å². The Labute approximate surface area is 180 Å². The van der Waals surface area contributed by atoms with E-state index in [0.29, 0.717) is 18.5 Å². The second-order valence-electron chi connectivity index (χ2n) is 7.14. The lowest BCUT2D eigenvalue weighted by molar-refractivity contribution is -0.120. The number of hydrogen-bond acceptors (Lipinski definition) is 6. The van der Waals surface area contributed by atoms with Gasteiger partial charge in [0, 0.05) is 56.1 Å². The number of pyridine rings is 1. The van der Waals surface area contributed by atoms with Crippen molar-refractivity contribution in [2.75, 3.05) is 32.5 Å². The fraction of sp³-hybridized carbons (Fsp3) is 0.350. The maximum absolute atomic E-state index is 12.7. The number of sulfonamides is 1. The molecule has 0 atom stereocenters. The third-order valence-electron chi connectivity index (χ3n) is 4.79. The third-order valence-corrected chi connectivity index (χ3v) is 7.72. The van der Waals surface area contributed by atoms with Crippen molar-refractivity contribution in [1.82, 2.24) is 14.2 Å². The number of nitrogens with zero attached hydrogens (tertiary/aromatic N) is 3. The molecule has 1 aromatic carbocycles. The molecule has 160 valence electrons. The van der Waals surface area contributed by atoms with E-state index in [0.717, 1.165) is 16.7 Å². The van der Waals surface area contributed by atoms with Crippen LogP contribution >= 0.6 is 11.8 Å². The van der Waals surface area contributed by atoms with Crippen LogP contribution in [0, 0.1) is 5.92 Å². The van der Waals surface area contributed by atoms with Gasteiger partial charge in [0.1, 0.15) is 4.90 Å². The molecule has 0 saturated carbocycles. The molecule has 0 spiro atoms. The number of piperidine rings is 1. The SMILES string of the molecule is CN(C)C(=O)Sc1ccc(NC(=O)C2CCN(S(=O)(=O)c3cccnc3)CC2)cc1. The third kappa shape index (κ3) is 5.38. The summed E-state index contributed by atoms with van der Waals surface area (Å²) in [5.74, 6) is -0.382. The first-order chi connectivity index (χ1) is 14.3. The van der Waals surface area contributed by atoms with E-state index < -0.39 is 10.0 Å². The van der Waals surface area contributed by atoms with Crippen molar-refractivity contribution in [3.05, 3.63) is 48.8 Å². The maximum Gasteiger partial charge on any atom is 0.285 e. The van der Waals surface area contributed by atoms with Gasteiger partial charge in [0.15, 0.2) is 0 Å². The van der Waals surface area contributed by atoms with Gasteiger partial charge in [0.2, 0.25) is 15.9 Å². The highest BCUT2D eigenvalue weighted by Gasteiger charge is 2.32. The zero-order valence-electron chi connectivity index (χ0n) is 16.8. The fourth-order valence-electron chi connectivity index (χ4n) is 3.05. The van der Waals surface area contributed by atoms with Crippen molar-refractivity contribution < 1.29 is 18.0 Å². The van der Waals surface area contributed by atoms with Crippen LogP contribution in [0.3, 0.4) is 0 Å². The molecule has 2 amide bonds. The average molecular weight is 449 g/mol. The monoisotopic (exact) mass is 448 g/mol. The topological polar surface area (TPSA) is 99.7 Å². The van der Waals surface area contributed by atoms with Crippen LogP contribution in [-0.2, 0) is 14.8 Å². The lowest BCUT2D eigenvalue weighted by Crippen LogP contribution is -2.41. The van der Waals surface area contributed by atoms with Crippen LogP contribution in [-0.4, -0.2) is 60.9 Å². The molecule has 0 unspecified atom stereocenters. The van der Waals surface area contributed by atoms with Crippen LogP contribution in [0.5, 0.6) is 0 Å². The van der Waals surface area contributed by atoms with E-state index in [-0.39, 0.29) is 35.0 Å². The van der Waals surface area contributed by atoms with Crippen molar-refractivity contribution in [2.24, 2.45) is 5.92 Å². The molecule has 1 N–H and O–H groups in total. The van der Waals surface area contributed by atoms with Crippen molar-refractivity contribution in [3.63, 3.8) is 0 Å². The number of nitrogens with one attached hydrogen (secondary N) is 1. The Morgan fingerprint density at radius 3 is 2.37 bits per heavy atom. The van der Waals surface area contributed by atoms with Gasteiger partial charge in [0.05, 0.1) is 0 Å². The van der Waals surface area contributed by atoms with E-state index in [1.807, 2.05) is 0 Å². The molecule has 1 aromatic heterocycles. The minimum Gasteiger partial charge on any atom is -0.339 e. The number of anilines is 1. The molecule has 1 aliphatic rings. The van der Waals surface area contributed by atoms with Crippen molar-refractivity contribution in [2.45, 2.75) is 22.6 Å². The summed E-state index contributed by atoms with van der Waals surface area (Å²) >= 11 is 1.12. The zero-order valence-corrected chi connectivity index (χ0v) is 18.4. The fourth-order valence-corrected chi connectivity index (χ4v) is 5.14. The summed E-state index contributed by atoms with van der Waals surface area (Å²) in [5.41, 5.74) is 0.645. The van der Waals surface area contributed by atoms with Crippen molar-refractivity contribution in [1.29, 1.82) is 0 Å². The summed E-state index contributed by atoms with van der Waals surface area (Å²) in [6.45, 7) is 0.578. The van der Waals surface area contributed by atoms with Crippen LogP contribution in [0.15, 0.2) is 58.6 Å². The van der Waals surface area contributed by atoms with Crippen LogP contribution in [0.2, 0.25) is 0 Å². The number of thioether (sulfide) groups is 1. The zero-order chi connectivity index (χ0) is 21.7. The lowest BCUT2D eigenvalue weighted by Gasteiger charge is -2.30. The summed E-state index contributed by atoms with van der Waals surface area (Å²) in [7, 11) is -0.202. The highest BCUT2D eigenvalue weighted by atomic mass is 32.2. The molecule has 2 aromatic rings. The lowest BCUT2D eigenvalue weighted by atomic mass is 9.97. The molecule has 3 rings (SSSR count). The molecule has 1 fully saturated rings. The van der Waals surface area contributed by atoms with Crippen LogP contribution in [0.1, 0.15) is 12.8 Å². The molecule has 0 radical (unpaired) electrons. The van der Waals surface area contributed by atoms with Gasteiger partial charge in [0.25, 0.3) is 5.24 Å². The van der Waals surface area contributed by atoms with Crippen molar-refractivity contribution >= 4 is 38.6 Å². The number of hydrogen-bond donors (Lipinski definition) is 1. The highest BCUT2D eigenvalue weighted by molar-refractivity contribution is 8.13. The predicted octanol–water partition coefficient (Wildman–Crippen LogP) is 2.89. The van der Waals surface area contributed by atoms with E-state index in [4.69, 9.17) is 0 Å². The van der Waals surface area contributed by atoms with Crippen LogP contribution < -0.4 is 5.32 Å². The molecule has 1 saturated heterocycles. The highest BCUT2D eigenvalue weighted by Crippen LogP contribution is 2.26. The minimum absolute atomic E-state index is 0.0696. The number of aromatic nitrogens is 1. The summed E-state index contributed by atoms with van der Waals surface area (Å²) in [5, 5.41) is 2.81. The summed E-state index contributed by atoms with van der Waals surface area (Å²) in [6, 6.07) is 10.2. The van der Waals surface area contributed by atoms with Crippen LogP contribution in [0.25, 0.3) is 0 Å². The number of carbonyl (C=O) groups is 2. The van der Waals surface area contributed by atoms with Gasteiger partial charge < -0.3 is 10.2 Å². The quantitative estimate of drug-likeness (QED) is 0.706. The predicted molar refractivity (Wildman–Crippen MR) is 116 cm³/mol. The summed E-state index contributed by atoms with van der Waals surface area (Å²) in [6.07, 6.45) is 3.77. The van der Waals surface area contributed by atoms with E-state index in [9.17, 15) is 18.0 Å². The molecule has 10 heteroatoms. The molecule has 0 bridgehead atoms. The number of carbonyl (C=O) groups excluding carboxylic acids is 2. The second kappa shape index (κ2) is 9.59. The molecule has 30 heavy (non-hydrogen) atoms. The molecular formula is C20H24N4O4S2. The van der Waals surface area contributed by atoms with Gasteiger partial charge in [-0.15, -0.1) is 0 Å². The van der Waals surface area contributed by atoms with Crippen molar-refractivity contribution in [3.8, 4) is 0 Å². The van der Waals surface area contributed by atoms with Crippen LogP contribution in [0.4, 0.5) is 10.5 Å². The molecule has 0 aliphatic carbocycles. The van der Waals surface area contributed by atoms with Gasteiger partial charge >= 0.3 is 0 Å². The number of rotatable bonds is 5. The van der Waals surface area contributed by atoms with Gasteiger partial charge in [-0.05, 0) is 61.0 Å². The molecule has 8 nitrogen and oxygen atoms in total. The number of benzene rings is 1. The normalized spacial score (nSPS) is 15.5. The van der Waals surface area contributed by atoms with Gasteiger partial charge in [-0.1, -0.05) is 0 Å². The Morgan fingerprint density at radius 1 is 1.13 bits per heavy atom. The summed E-state index contributed by atoms with van der Waals surface area (Å²) < 4.78 is 26.7. The smallest absolute Gasteiger partial charge is 0.285 e. The first-order valence-electron chi connectivity index (χ1n) is 9.47. The van der Waals surface area contributed by atoms with E-state index in [1.165, 1.54) is 27.7 Å². The number of amides is 2. The standard InChI is InChI=1S/C20H24N4O4S2/c1-23(2)20(26)29-17-7-5-16(6-8-17)22-19(25)15-9-12-24(13-10-15)30(27,28)18-4-3-11-21-14-18/h3-8,11,14-15H,9-10,12-13H2,1-2H3,(H,22,25). The van der Waals surface area contributed by atoms with E-state index in [1.54, 1.807) is 44.4 Å². The molecular weight excluding hydrogens is 424 g/mol. The first kappa shape index (κ1) is 22.3. The van der Waals surface area contributed by atoms with E-state index >= 15 is 0 Å². The Balaban J connectivity index is 1.54. The van der Waals surface area contributed by atoms with Gasteiger partial charge in [-0.2, -0.15) is 4.31 Å². The Kier molecular flexibility index (Phi) is 7.11. The first-order valence-corrected chi connectivity index (χ1v) is 11.7. The Bertz CT molecular complexity index is 987. The van der Waals surface area contributed by atoms with Gasteiger partial charge in [-0.3, -0.25) is 14.6 Å². The largest absolute Gasteiger partial charge is 0.339 e. The molecule has 1 aliphatic heterocycles. The van der Waals surface area contributed by atoms with E-state index in [2.05, 4.69) is 10.3 Å². The maximum atomic E-state index is 12.7. The average Bonchev–Trinajstić information content (AvgIpc) is 2.75. The molecule has 2 heterocycles. The minimum atomic E-state index is -3.59. The summed E-state index contributed by atoms with van der Waals surface area (Å²) in [4.78, 5) is 30.7. The second-order valence-corrected chi connectivity index (χ2v) is 10.1. The Hall–Kier alpha value is -2.43. The Morgan fingerprint density at radius 2 is 1.80 bits per heavy atom.